The van der Waals surface area contributed by atoms with Crippen molar-refractivity contribution in [3.05, 3.63) is 45.1 Å². The Morgan fingerprint density at radius 3 is 2.69 bits per heavy atom. The van der Waals surface area contributed by atoms with Crippen LogP contribution in [0.2, 0.25) is 0 Å². The highest BCUT2D eigenvalue weighted by molar-refractivity contribution is 7.99. The number of hydrogen-bond donors (Lipinski definition) is 0. The molecule has 0 saturated heterocycles. The molecule has 0 aliphatic carbocycles. The van der Waals surface area contributed by atoms with Crippen molar-refractivity contribution in [3.8, 4) is 29.5 Å². The van der Waals surface area contributed by atoms with Gasteiger partial charge in [-0.2, -0.15) is 0 Å². The van der Waals surface area contributed by atoms with Gasteiger partial charge in [-0.05, 0) is 12.1 Å². The zero-order valence-electron chi connectivity index (χ0n) is 14.5. The lowest BCUT2D eigenvalue weighted by Gasteiger charge is -2.11. The molecule has 0 radical (unpaired) electrons. The third-order valence-electron chi connectivity index (χ3n) is 3.89. The zero-order valence-corrected chi connectivity index (χ0v) is 15.3. The third kappa shape index (κ3) is 2.97. The Balaban J connectivity index is 2.38. The smallest absolute Gasteiger partial charge is 0.332 e. The molecule has 0 spiro atoms. The van der Waals surface area contributed by atoms with Crippen molar-refractivity contribution in [3.63, 3.8) is 0 Å². The van der Waals surface area contributed by atoms with E-state index in [1.807, 2.05) is 18.2 Å². The fourth-order valence-electron chi connectivity index (χ4n) is 2.53. The maximum Gasteiger partial charge on any atom is 0.332 e. The van der Waals surface area contributed by atoms with Gasteiger partial charge in [0, 0.05) is 19.7 Å². The van der Waals surface area contributed by atoms with E-state index in [1.165, 1.54) is 23.4 Å². The molecule has 0 aliphatic rings. The van der Waals surface area contributed by atoms with Crippen LogP contribution in [0.3, 0.4) is 0 Å². The summed E-state index contributed by atoms with van der Waals surface area (Å²) < 4.78 is 7.61. The second-order valence-corrected chi connectivity index (χ2v) is 6.45. The van der Waals surface area contributed by atoms with Crippen molar-refractivity contribution in [2.45, 2.75) is 5.03 Å². The normalized spacial score (nSPS) is 10.7. The summed E-state index contributed by atoms with van der Waals surface area (Å²) in [4.78, 5) is 33.9. The molecule has 0 N–H and O–H groups in total. The predicted octanol–water partition coefficient (Wildman–Crippen LogP) is 1.43. The van der Waals surface area contributed by atoms with Crippen molar-refractivity contribution in [2.24, 2.45) is 14.1 Å². The molecule has 0 bridgehead atoms. The lowest BCUT2D eigenvalue weighted by Crippen LogP contribution is -2.37. The van der Waals surface area contributed by atoms with Crippen LogP contribution >= 0.6 is 11.8 Å². The van der Waals surface area contributed by atoms with E-state index in [9.17, 15) is 9.59 Å². The summed E-state index contributed by atoms with van der Waals surface area (Å²) in [5.74, 6) is 3.91. The average molecular weight is 368 g/mol. The first-order valence-corrected chi connectivity index (χ1v) is 8.65. The molecule has 0 amide bonds. The van der Waals surface area contributed by atoms with Crippen molar-refractivity contribution in [1.29, 1.82) is 0 Å². The van der Waals surface area contributed by atoms with Crippen LogP contribution in [0.4, 0.5) is 0 Å². The van der Waals surface area contributed by atoms with Crippen LogP contribution in [0, 0.1) is 12.3 Å². The van der Waals surface area contributed by atoms with E-state index >= 15 is 0 Å². The van der Waals surface area contributed by atoms with E-state index < -0.39 is 11.2 Å². The van der Waals surface area contributed by atoms with Gasteiger partial charge < -0.3 is 4.74 Å². The minimum atomic E-state index is -0.453. The molecule has 2 aromatic heterocycles. The first-order chi connectivity index (χ1) is 12.5. The number of thioether (sulfide) groups is 1. The molecule has 8 heteroatoms. The van der Waals surface area contributed by atoms with Gasteiger partial charge in [0.1, 0.15) is 16.2 Å². The van der Waals surface area contributed by atoms with Crippen molar-refractivity contribution in [2.75, 3.05) is 12.9 Å². The molecule has 0 saturated carbocycles. The van der Waals surface area contributed by atoms with Crippen LogP contribution in [0.15, 0.2) is 38.9 Å². The number of aromatic nitrogens is 4. The highest BCUT2D eigenvalue weighted by atomic mass is 32.2. The van der Waals surface area contributed by atoms with Crippen LogP contribution in [0.5, 0.6) is 5.75 Å². The topological polar surface area (TPSA) is 79.0 Å². The Hall–Kier alpha value is -3.05. The molecule has 3 rings (SSSR count). The number of hydrogen-bond acceptors (Lipinski definition) is 6. The molecular weight excluding hydrogens is 352 g/mol. The molecule has 2 heterocycles. The highest BCUT2D eigenvalue weighted by Crippen LogP contribution is 2.27. The zero-order chi connectivity index (χ0) is 18.8. The van der Waals surface area contributed by atoms with Crippen LogP contribution in [-0.4, -0.2) is 32.0 Å². The number of methoxy groups -OCH3 is 1. The van der Waals surface area contributed by atoms with E-state index in [0.29, 0.717) is 27.9 Å². The van der Waals surface area contributed by atoms with E-state index in [1.54, 1.807) is 20.2 Å². The Bertz CT molecular complexity index is 1160. The molecule has 3 aromatic rings. The highest BCUT2D eigenvalue weighted by Gasteiger charge is 2.18. The molecule has 0 unspecified atom stereocenters. The van der Waals surface area contributed by atoms with Crippen LogP contribution in [0.25, 0.3) is 22.4 Å². The Morgan fingerprint density at radius 2 is 2.00 bits per heavy atom. The van der Waals surface area contributed by atoms with E-state index in [-0.39, 0.29) is 11.0 Å². The summed E-state index contributed by atoms with van der Waals surface area (Å²) in [6.07, 6.45) is 5.36. The molecule has 0 atom stereocenters. The summed E-state index contributed by atoms with van der Waals surface area (Å²) >= 11 is 1.26. The van der Waals surface area contributed by atoms with E-state index in [2.05, 4.69) is 15.9 Å². The minimum Gasteiger partial charge on any atom is -0.497 e. The quantitative estimate of drug-likeness (QED) is 0.394. The van der Waals surface area contributed by atoms with Gasteiger partial charge >= 0.3 is 5.69 Å². The van der Waals surface area contributed by atoms with Gasteiger partial charge in [-0.1, -0.05) is 29.8 Å². The average Bonchev–Trinajstić information content (AvgIpc) is 2.68. The van der Waals surface area contributed by atoms with Crippen molar-refractivity contribution in [1.82, 2.24) is 19.1 Å². The third-order valence-corrected chi connectivity index (χ3v) is 4.77. The number of rotatable bonds is 4. The molecular formula is C18H16N4O3S. The van der Waals surface area contributed by atoms with E-state index in [0.717, 1.165) is 4.57 Å². The number of nitrogens with zero attached hydrogens (tertiary/aromatic N) is 4. The second kappa shape index (κ2) is 7.06. The van der Waals surface area contributed by atoms with Gasteiger partial charge in [-0.15, -0.1) is 6.42 Å². The van der Waals surface area contributed by atoms with Gasteiger partial charge in [0.2, 0.25) is 0 Å². The van der Waals surface area contributed by atoms with Gasteiger partial charge in [-0.3, -0.25) is 13.9 Å². The number of ether oxygens (including phenoxy) is 1. The SMILES string of the molecule is C#CCSc1nc(-c2cccc(OC)c2)nc2c1c(=O)n(C)c(=O)n2C. The minimum absolute atomic E-state index is 0.269. The summed E-state index contributed by atoms with van der Waals surface area (Å²) in [7, 11) is 4.57. The number of benzene rings is 1. The van der Waals surface area contributed by atoms with Crippen molar-refractivity contribution >= 4 is 22.8 Å². The van der Waals surface area contributed by atoms with Crippen LogP contribution < -0.4 is 16.0 Å². The van der Waals surface area contributed by atoms with Crippen molar-refractivity contribution < 1.29 is 4.74 Å². The maximum absolute atomic E-state index is 12.6. The largest absolute Gasteiger partial charge is 0.497 e. The number of fused-ring (bicyclic) bond motifs is 1. The Kier molecular flexibility index (Phi) is 4.82. The van der Waals surface area contributed by atoms with Gasteiger partial charge in [0.05, 0.1) is 12.9 Å². The first-order valence-electron chi connectivity index (χ1n) is 7.66. The number of terminal acetylenes is 1. The van der Waals surface area contributed by atoms with Gasteiger partial charge in [-0.25, -0.2) is 14.8 Å². The van der Waals surface area contributed by atoms with E-state index in [4.69, 9.17) is 11.2 Å². The second-order valence-electron chi connectivity index (χ2n) is 5.48. The Morgan fingerprint density at radius 1 is 1.23 bits per heavy atom. The fraction of sp³-hybridized carbons (Fsp3) is 0.222. The Labute approximate surface area is 153 Å². The van der Waals surface area contributed by atoms with Gasteiger partial charge in [0.15, 0.2) is 11.5 Å². The monoisotopic (exact) mass is 368 g/mol. The molecule has 26 heavy (non-hydrogen) atoms. The molecule has 0 fully saturated rings. The summed E-state index contributed by atoms with van der Waals surface area (Å²) in [5, 5.41) is 0.725. The van der Waals surface area contributed by atoms with Crippen LogP contribution in [-0.2, 0) is 14.1 Å². The molecule has 1 aromatic carbocycles. The predicted molar refractivity (Wildman–Crippen MR) is 102 cm³/mol. The number of aryl methyl sites for hydroxylation is 1. The first kappa shape index (κ1) is 17.8. The fourth-order valence-corrected chi connectivity index (χ4v) is 3.23. The lowest BCUT2D eigenvalue weighted by atomic mass is 10.2. The van der Waals surface area contributed by atoms with Crippen LogP contribution in [0.1, 0.15) is 0 Å². The molecule has 7 nitrogen and oxygen atoms in total. The maximum atomic E-state index is 12.6. The molecule has 0 aliphatic heterocycles. The summed E-state index contributed by atoms with van der Waals surface area (Å²) in [5.41, 5.74) is 0.0814. The summed E-state index contributed by atoms with van der Waals surface area (Å²) in [6, 6.07) is 7.25. The molecule has 132 valence electrons. The standard InChI is InChI=1S/C18H16N4O3S/c1-5-9-26-16-13-15(21(2)18(24)22(3)17(13)23)19-14(20-16)11-7-6-8-12(10-11)25-4/h1,6-8,10H,9H2,2-4H3. The summed E-state index contributed by atoms with van der Waals surface area (Å²) in [6.45, 7) is 0. The van der Waals surface area contributed by atoms with Gasteiger partial charge in [0.25, 0.3) is 5.56 Å². The lowest BCUT2D eigenvalue weighted by molar-refractivity contribution is 0.415.